The number of rotatable bonds is 1. The summed E-state index contributed by atoms with van der Waals surface area (Å²) in [5, 5.41) is 11.1. The first-order valence-corrected chi connectivity index (χ1v) is 8.71. The predicted octanol–water partition coefficient (Wildman–Crippen LogP) is 4.16. The number of amidine groups is 1. The van der Waals surface area contributed by atoms with E-state index in [1.807, 2.05) is 0 Å². The first kappa shape index (κ1) is 19.7. The van der Waals surface area contributed by atoms with E-state index >= 15 is 0 Å². The van der Waals surface area contributed by atoms with E-state index in [4.69, 9.17) is 5.26 Å². The number of nitriles is 1. The Kier molecular flexibility index (Phi) is 4.38. The van der Waals surface area contributed by atoms with Crippen LogP contribution < -0.4 is 5.32 Å². The van der Waals surface area contributed by atoms with Gasteiger partial charge in [-0.25, -0.2) is 0 Å². The molecule has 1 aliphatic rings. The van der Waals surface area contributed by atoms with Crippen LogP contribution in [0.1, 0.15) is 22.3 Å². The molecule has 0 saturated heterocycles. The number of anilines is 1. The van der Waals surface area contributed by atoms with Gasteiger partial charge in [-0.15, -0.1) is 4.40 Å². The highest BCUT2D eigenvalue weighted by molar-refractivity contribution is 7.90. The van der Waals surface area contributed by atoms with Gasteiger partial charge in [0.15, 0.2) is 5.84 Å². The van der Waals surface area contributed by atoms with E-state index in [1.165, 1.54) is 6.07 Å². The molecule has 5 nitrogen and oxygen atoms in total. The van der Waals surface area contributed by atoms with Gasteiger partial charge >= 0.3 is 12.4 Å². The van der Waals surface area contributed by atoms with Crippen molar-refractivity contribution in [1.82, 2.24) is 0 Å². The molecule has 1 N–H and O–H groups in total. The van der Waals surface area contributed by atoms with E-state index in [-0.39, 0.29) is 22.1 Å². The summed E-state index contributed by atoms with van der Waals surface area (Å²) in [5.41, 5.74) is -3.91. The molecule has 3 rings (SSSR count). The van der Waals surface area contributed by atoms with Crippen molar-refractivity contribution >= 4 is 21.5 Å². The van der Waals surface area contributed by atoms with Gasteiger partial charge in [-0.2, -0.15) is 40.0 Å². The monoisotopic (exact) mass is 419 g/mol. The summed E-state index contributed by atoms with van der Waals surface area (Å²) in [6.07, 6.45) is -10.1. The molecule has 12 heteroatoms. The lowest BCUT2D eigenvalue weighted by molar-refractivity contribution is -0.143. The van der Waals surface area contributed by atoms with Crippen LogP contribution in [0.2, 0.25) is 0 Å². The molecule has 2 aromatic carbocycles. The van der Waals surface area contributed by atoms with Crippen molar-refractivity contribution in [2.24, 2.45) is 4.40 Å². The molecule has 0 spiro atoms. The van der Waals surface area contributed by atoms with Crippen molar-refractivity contribution in [1.29, 1.82) is 5.26 Å². The number of benzene rings is 2. The number of hydrogen-bond acceptors (Lipinski definition) is 4. The second-order valence-electron chi connectivity index (χ2n) is 5.66. The molecule has 0 radical (unpaired) electrons. The maximum Gasteiger partial charge on any atom is 0.416 e. The van der Waals surface area contributed by atoms with E-state index < -0.39 is 45.0 Å². The molecule has 0 aliphatic carbocycles. The Morgan fingerprint density at radius 1 is 0.929 bits per heavy atom. The first-order chi connectivity index (χ1) is 12.8. The van der Waals surface area contributed by atoms with Crippen LogP contribution in [0.25, 0.3) is 0 Å². The van der Waals surface area contributed by atoms with Gasteiger partial charge in [0, 0.05) is 11.3 Å². The Hall–Kier alpha value is -3.07. The van der Waals surface area contributed by atoms with E-state index in [9.17, 15) is 34.8 Å². The van der Waals surface area contributed by atoms with Crippen molar-refractivity contribution in [3.8, 4) is 6.07 Å². The molecule has 1 aliphatic heterocycles. The van der Waals surface area contributed by atoms with E-state index in [0.717, 1.165) is 12.1 Å². The molecule has 0 saturated carbocycles. The molecule has 0 bridgehead atoms. The quantitative estimate of drug-likeness (QED) is 0.704. The number of fused-ring (bicyclic) bond motifs is 1. The molecule has 2 aromatic rings. The van der Waals surface area contributed by atoms with E-state index in [2.05, 4.69) is 9.71 Å². The third-order valence-electron chi connectivity index (χ3n) is 3.70. The Labute approximate surface area is 154 Å². The number of alkyl halides is 6. The maximum absolute atomic E-state index is 13.0. The molecule has 0 aromatic heterocycles. The molecule has 0 atom stereocenters. The Morgan fingerprint density at radius 3 is 2.00 bits per heavy atom. The topological polar surface area (TPSA) is 82.3 Å². The zero-order valence-electron chi connectivity index (χ0n) is 13.4. The maximum atomic E-state index is 13.0. The highest BCUT2D eigenvalue weighted by Gasteiger charge is 2.37. The minimum Gasteiger partial charge on any atom is -0.339 e. The van der Waals surface area contributed by atoms with Gasteiger partial charge in [-0.3, -0.25) is 0 Å². The van der Waals surface area contributed by atoms with Gasteiger partial charge in [-0.1, -0.05) is 0 Å². The van der Waals surface area contributed by atoms with Gasteiger partial charge in [0.25, 0.3) is 10.0 Å². The standard InChI is InChI=1S/C16H7F6N3O2S/c17-15(18,19)9-4-10(16(20,21)22)6-11(5-9)24-14-12-3-8(7-23)1-2-13(12)28(26,27)25-14/h1-6H,(H,24,25). The number of hydrogen-bond donors (Lipinski definition) is 1. The van der Waals surface area contributed by atoms with Crippen LogP contribution in [0.5, 0.6) is 0 Å². The summed E-state index contributed by atoms with van der Waals surface area (Å²) in [5.74, 6) is -0.487. The van der Waals surface area contributed by atoms with Crippen LogP contribution in [0.15, 0.2) is 45.7 Å². The van der Waals surface area contributed by atoms with E-state index in [1.54, 1.807) is 6.07 Å². The van der Waals surface area contributed by atoms with Crippen molar-refractivity contribution in [2.45, 2.75) is 17.2 Å². The SMILES string of the molecule is N#Cc1ccc2c(c1)C(Nc1cc(C(F)(F)F)cc(C(F)(F)F)c1)=NS2(=O)=O. The Bertz CT molecular complexity index is 1110. The molecular formula is C16H7F6N3O2S. The normalized spacial score (nSPS) is 15.5. The van der Waals surface area contributed by atoms with Gasteiger partial charge in [0.2, 0.25) is 0 Å². The molecule has 1 heterocycles. The minimum absolute atomic E-state index is 0.0328. The number of nitrogens with zero attached hydrogens (tertiary/aromatic N) is 2. The zero-order chi connectivity index (χ0) is 20.9. The lowest BCUT2D eigenvalue weighted by Gasteiger charge is -2.15. The second kappa shape index (κ2) is 6.23. The fourth-order valence-corrected chi connectivity index (χ4v) is 3.64. The fourth-order valence-electron chi connectivity index (χ4n) is 2.48. The van der Waals surface area contributed by atoms with Gasteiger partial charge in [0.1, 0.15) is 4.90 Å². The van der Waals surface area contributed by atoms with Crippen molar-refractivity contribution in [3.05, 3.63) is 58.7 Å². The highest BCUT2D eigenvalue weighted by atomic mass is 32.2. The van der Waals surface area contributed by atoms with Crippen LogP contribution in [-0.4, -0.2) is 14.3 Å². The number of sulfonamides is 1. The lowest BCUT2D eigenvalue weighted by Crippen LogP contribution is -2.15. The Morgan fingerprint density at radius 2 is 1.50 bits per heavy atom. The summed E-state index contributed by atoms with van der Waals surface area (Å²) in [6, 6.07) is 5.88. The molecule has 0 amide bonds. The molecule has 0 unspecified atom stereocenters. The summed E-state index contributed by atoms with van der Waals surface area (Å²) in [4.78, 5) is -0.322. The largest absolute Gasteiger partial charge is 0.416 e. The zero-order valence-corrected chi connectivity index (χ0v) is 14.2. The second-order valence-corrected chi connectivity index (χ2v) is 7.23. The number of halogens is 6. The van der Waals surface area contributed by atoms with Crippen LogP contribution >= 0.6 is 0 Å². The summed E-state index contributed by atoms with van der Waals surface area (Å²) in [6.45, 7) is 0. The highest BCUT2D eigenvalue weighted by Crippen LogP contribution is 2.38. The fraction of sp³-hybridized carbons (Fsp3) is 0.125. The van der Waals surface area contributed by atoms with Gasteiger partial charge in [-0.05, 0) is 36.4 Å². The first-order valence-electron chi connectivity index (χ1n) is 7.27. The third-order valence-corrected chi connectivity index (χ3v) is 5.04. The summed E-state index contributed by atoms with van der Waals surface area (Å²) in [7, 11) is -4.21. The Balaban J connectivity index is 2.12. The van der Waals surface area contributed by atoms with Crippen LogP contribution in [0.3, 0.4) is 0 Å². The lowest BCUT2D eigenvalue weighted by atomic mass is 10.1. The van der Waals surface area contributed by atoms with Crippen molar-refractivity contribution in [2.75, 3.05) is 5.32 Å². The molecule has 146 valence electrons. The average Bonchev–Trinajstić information content (AvgIpc) is 2.83. The smallest absolute Gasteiger partial charge is 0.339 e. The third kappa shape index (κ3) is 3.65. The summed E-state index contributed by atoms with van der Waals surface area (Å²) >= 11 is 0. The van der Waals surface area contributed by atoms with Crippen molar-refractivity contribution < 1.29 is 34.8 Å². The minimum atomic E-state index is -5.06. The average molecular weight is 419 g/mol. The molecule has 28 heavy (non-hydrogen) atoms. The van der Waals surface area contributed by atoms with Crippen LogP contribution in [0.4, 0.5) is 32.0 Å². The number of nitrogens with one attached hydrogen (secondary N) is 1. The van der Waals surface area contributed by atoms with Crippen LogP contribution in [0, 0.1) is 11.3 Å². The molecule has 0 fully saturated rings. The van der Waals surface area contributed by atoms with E-state index in [0.29, 0.717) is 12.1 Å². The van der Waals surface area contributed by atoms with Crippen LogP contribution in [-0.2, 0) is 22.4 Å². The van der Waals surface area contributed by atoms with Gasteiger partial charge < -0.3 is 5.32 Å². The van der Waals surface area contributed by atoms with Crippen molar-refractivity contribution in [3.63, 3.8) is 0 Å². The summed E-state index contributed by atoms with van der Waals surface area (Å²) < 4.78 is 105. The molecular weight excluding hydrogens is 412 g/mol. The van der Waals surface area contributed by atoms with Gasteiger partial charge in [0.05, 0.1) is 22.8 Å². The predicted molar refractivity (Wildman–Crippen MR) is 84.9 cm³/mol.